The van der Waals surface area contributed by atoms with Gasteiger partial charge in [-0.1, -0.05) is 54.2 Å². The van der Waals surface area contributed by atoms with Crippen molar-refractivity contribution in [3.8, 4) is 17.2 Å². The lowest BCUT2D eigenvalue weighted by molar-refractivity contribution is 0.0954. The molecular weight excluding hydrogens is 412 g/mol. The standard InChI is InChI=1S/C24H22N2O4S/c1-28-20-13-17(14-21(29-2)22(20)30-3)23(27)26-19-12-8-7-11-18(19)25-24(26)31-15-16-9-5-4-6-10-16/h4-14H,15H2,1-3H3. The first-order chi connectivity index (χ1) is 15.2. The maximum atomic E-state index is 13.6. The lowest BCUT2D eigenvalue weighted by Crippen LogP contribution is -2.14. The molecule has 0 bridgehead atoms. The molecule has 4 rings (SSSR count). The minimum absolute atomic E-state index is 0.219. The van der Waals surface area contributed by atoms with Crippen LogP contribution in [0.4, 0.5) is 0 Å². The molecule has 1 heterocycles. The minimum atomic E-state index is -0.219. The van der Waals surface area contributed by atoms with E-state index in [4.69, 9.17) is 19.2 Å². The zero-order chi connectivity index (χ0) is 21.8. The SMILES string of the molecule is COc1cc(C(=O)n2c(SCc3ccccc3)nc3ccccc32)cc(OC)c1OC. The number of benzene rings is 3. The van der Waals surface area contributed by atoms with Crippen molar-refractivity contribution < 1.29 is 19.0 Å². The van der Waals surface area contributed by atoms with E-state index in [0.29, 0.717) is 33.7 Å². The lowest BCUT2D eigenvalue weighted by Gasteiger charge is -2.14. The molecule has 31 heavy (non-hydrogen) atoms. The highest BCUT2D eigenvalue weighted by Crippen LogP contribution is 2.39. The molecule has 158 valence electrons. The number of ether oxygens (including phenoxy) is 3. The van der Waals surface area contributed by atoms with Crippen molar-refractivity contribution in [2.24, 2.45) is 0 Å². The second-order valence-electron chi connectivity index (χ2n) is 6.71. The Balaban J connectivity index is 1.79. The quantitative estimate of drug-likeness (QED) is 0.380. The van der Waals surface area contributed by atoms with E-state index in [0.717, 1.165) is 16.6 Å². The number of para-hydroxylation sites is 2. The van der Waals surface area contributed by atoms with E-state index in [-0.39, 0.29) is 5.91 Å². The Morgan fingerprint density at radius 1 is 0.903 bits per heavy atom. The molecule has 1 aromatic heterocycles. The van der Waals surface area contributed by atoms with Gasteiger partial charge in [-0.05, 0) is 29.8 Å². The van der Waals surface area contributed by atoms with Crippen LogP contribution in [0.25, 0.3) is 11.0 Å². The lowest BCUT2D eigenvalue weighted by atomic mass is 10.1. The van der Waals surface area contributed by atoms with Crippen molar-refractivity contribution in [1.82, 2.24) is 9.55 Å². The maximum Gasteiger partial charge on any atom is 0.264 e. The summed E-state index contributed by atoms with van der Waals surface area (Å²) in [5, 5.41) is 0.629. The van der Waals surface area contributed by atoms with Crippen LogP contribution in [0.15, 0.2) is 71.9 Å². The van der Waals surface area contributed by atoms with Gasteiger partial charge in [0.15, 0.2) is 16.7 Å². The summed E-state index contributed by atoms with van der Waals surface area (Å²) in [5.41, 5.74) is 3.08. The van der Waals surface area contributed by atoms with Crippen molar-refractivity contribution >= 4 is 28.7 Å². The normalized spacial score (nSPS) is 10.8. The van der Waals surface area contributed by atoms with Gasteiger partial charge in [0, 0.05) is 11.3 Å². The van der Waals surface area contributed by atoms with Gasteiger partial charge in [-0.3, -0.25) is 9.36 Å². The molecule has 0 amide bonds. The van der Waals surface area contributed by atoms with E-state index >= 15 is 0 Å². The van der Waals surface area contributed by atoms with Crippen LogP contribution >= 0.6 is 11.8 Å². The number of aromatic nitrogens is 2. The number of hydrogen-bond acceptors (Lipinski definition) is 6. The molecule has 3 aromatic carbocycles. The zero-order valence-electron chi connectivity index (χ0n) is 17.5. The number of thioether (sulfide) groups is 1. The molecule has 0 fully saturated rings. The van der Waals surface area contributed by atoms with Gasteiger partial charge in [0.05, 0.1) is 32.4 Å². The fourth-order valence-corrected chi connectivity index (χ4v) is 4.31. The molecule has 0 aliphatic heterocycles. The summed E-state index contributed by atoms with van der Waals surface area (Å²) in [7, 11) is 4.59. The van der Waals surface area contributed by atoms with Crippen molar-refractivity contribution in [2.75, 3.05) is 21.3 Å². The van der Waals surface area contributed by atoms with Crippen molar-refractivity contribution in [3.05, 3.63) is 77.9 Å². The van der Waals surface area contributed by atoms with Crippen LogP contribution in [-0.2, 0) is 5.75 Å². The summed E-state index contributed by atoms with van der Waals surface area (Å²) in [6, 6.07) is 21.0. The molecule has 0 aliphatic rings. The fourth-order valence-electron chi connectivity index (χ4n) is 3.35. The van der Waals surface area contributed by atoms with Crippen LogP contribution in [0, 0.1) is 0 Å². The van der Waals surface area contributed by atoms with Gasteiger partial charge >= 0.3 is 0 Å². The van der Waals surface area contributed by atoms with Gasteiger partial charge in [0.1, 0.15) is 0 Å². The smallest absolute Gasteiger partial charge is 0.264 e. The molecule has 4 aromatic rings. The van der Waals surface area contributed by atoms with Gasteiger partial charge in [0.2, 0.25) is 5.75 Å². The summed E-state index contributed by atoms with van der Waals surface area (Å²) in [4.78, 5) is 18.4. The minimum Gasteiger partial charge on any atom is -0.493 e. The van der Waals surface area contributed by atoms with E-state index in [9.17, 15) is 4.79 Å². The first kappa shape index (κ1) is 20.8. The monoisotopic (exact) mass is 434 g/mol. The predicted octanol–water partition coefficient (Wildman–Crippen LogP) is 5.04. The van der Waals surface area contributed by atoms with Gasteiger partial charge in [0.25, 0.3) is 5.91 Å². The van der Waals surface area contributed by atoms with Crippen LogP contribution in [0.3, 0.4) is 0 Å². The predicted molar refractivity (Wildman–Crippen MR) is 122 cm³/mol. The van der Waals surface area contributed by atoms with Gasteiger partial charge in [-0.25, -0.2) is 4.98 Å². The van der Waals surface area contributed by atoms with Gasteiger partial charge in [-0.2, -0.15) is 0 Å². The Bertz CT molecular complexity index is 1200. The number of hydrogen-bond donors (Lipinski definition) is 0. The number of rotatable bonds is 7. The van der Waals surface area contributed by atoms with Crippen molar-refractivity contribution in [3.63, 3.8) is 0 Å². The van der Waals surface area contributed by atoms with Crippen LogP contribution in [0.5, 0.6) is 17.2 Å². The molecule has 6 nitrogen and oxygen atoms in total. The van der Waals surface area contributed by atoms with Crippen LogP contribution in [0.2, 0.25) is 0 Å². The second-order valence-corrected chi connectivity index (χ2v) is 7.65. The number of methoxy groups -OCH3 is 3. The highest BCUT2D eigenvalue weighted by Gasteiger charge is 2.22. The third kappa shape index (κ3) is 4.09. The zero-order valence-corrected chi connectivity index (χ0v) is 18.3. The summed E-state index contributed by atoms with van der Waals surface area (Å²) >= 11 is 1.52. The molecule has 0 N–H and O–H groups in total. The molecule has 0 unspecified atom stereocenters. The average molecular weight is 435 g/mol. The van der Waals surface area contributed by atoms with Crippen molar-refractivity contribution in [1.29, 1.82) is 0 Å². The fraction of sp³-hybridized carbons (Fsp3) is 0.167. The largest absolute Gasteiger partial charge is 0.493 e. The van der Waals surface area contributed by atoms with Crippen LogP contribution in [0.1, 0.15) is 15.9 Å². The summed E-state index contributed by atoms with van der Waals surface area (Å²) < 4.78 is 17.9. The van der Waals surface area contributed by atoms with E-state index in [1.54, 1.807) is 16.7 Å². The molecule has 0 radical (unpaired) electrons. The Hall–Kier alpha value is -3.45. The number of carbonyl (C=O) groups excluding carboxylic acids is 1. The van der Waals surface area contributed by atoms with E-state index in [1.165, 1.54) is 33.1 Å². The summed E-state index contributed by atoms with van der Waals surface area (Å²) in [5.74, 6) is 1.77. The highest BCUT2D eigenvalue weighted by atomic mass is 32.2. The topological polar surface area (TPSA) is 62.6 Å². The molecule has 7 heteroatoms. The Morgan fingerprint density at radius 3 is 2.19 bits per heavy atom. The molecule has 0 aliphatic carbocycles. The Kier molecular flexibility index (Phi) is 6.13. The third-order valence-corrected chi connectivity index (χ3v) is 5.87. The molecular formula is C24H22N2O4S. The number of fused-ring (bicyclic) bond motifs is 1. The third-order valence-electron chi connectivity index (χ3n) is 4.86. The number of imidazole rings is 1. The van der Waals surface area contributed by atoms with Crippen LogP contribution < -0.4 is 14.2 Å². The van der Waals surface area contributed by atoms with E-state index < -0.39 is 0 Å². The van der Waals surface area contributed by atoms with E-state index in [2.05, 4.69) is 12.1 Å². The van der Waals surface area contributed by atoms with E-state index in [1.807, 2.05) is 42.5 Å². The summed E-state index contributed by atoms with van der Waals surface area (Å²) in [6.07, 6.45) is 0. The van der Waals surface area contributed by atoms with Crippen molar-refractivity contribution in [2.45, 2.75) is 10.9 Å². The molecule has 0 spiro atoms. The highest BCUT2D eigenvalue weighted by molar-refractivity contribution is 7.98. The molecule has 0 saturated carbocycles. The average Bonchev–Trinajstić information content (AvgIpc) is 3.20. The Morgan fingerprint density at radius 2 is 1.55 bits per heavy atom. The molecule has 0 atom stereocenters. The van der Waals surface area contributed by atoms with Crippen LogP contribution in [-0.4, -0.2) is 36.8 Å². The first-order valence-corrected chi connectivity index (χ1v) is 10.6. The summed E-state index contributed by atoms with van der Waals surface area (Å²) in [6.45, 7) is 0. The molecule has 0 saturated heterocycles. The van der Waals surface area contributed by atoms with Gasteiger partial charge in [-0.15, -0.1) is 0 Å². The Labute approximate surface area is 184 Å². The second kappa shape index (κ2) is 9.14. The maximum absolute atomic E-state index is 13.6. The first-order valence-electron chi connectivity index (χ1n) is 9.65. The number of carbonyl (C=O) groups is 1. The van der Waals surface area contributed by atoms with Gasteiger partial charge < -0.3 is 14.2 Å². The number of nitrogens with zero attached hydrogens (tertiary/aromatic N) is 2.